The number of hydrogen-bond acceptors (Lipinski definition) is 0. The Morgan fingerprint density at radius 2 is 0.927 bits per heavy atom. The van der Waals surface area contributed by atoms with Gasteiger partial charge in [-0.15, -0.1) is 0 Å². The third-order valence-corrected chi connectivity index (χ3v) is 8.50. The van der Waals surface area contributed by atoms with E-state index in [-0.39, 0.29) is 0 Å². The molecule has 0 saturated heterocycles. The Bertz CT molecular complexity index is 2220. The standard InChI is InChI=1S/C39H30N2/c1-25-12-17-29(18-13-25)40-36-11-7-5-9-31(36)34-24-28(16-21-37(34)40)30-8-4-6-10-35(30)41-38-19-14-26(2)22-32(38)33-23-27(3)15-20-39(33)41/h4-24H,1-3H3. The lowest BCUT2D eigenvalue weighted by molar-refractivity contribution is 1.17. The van der Waals surface area contributed by atoms with Crippen molar-refractivity contribution in [1.82, 2.24) is 9.13 Å². The van der Waals surface area contributed by atoms with Gasteiger partial charge in [-0.2, -0.15) is 0 Å². The summed E-state index contributed by atoms with van der Waals surface area (Å²) in [6, 6.07) is 47.0. The first-order valence-corrected chi connectivity index (χ1v) is 14.3. The van der Waals surface area contributed by atoms with Crippen LogP contribution >= 0.6 is 0 Å². The van der Waals surface area contributed by atoms with Crippen LogP contribution in [-0.4, -0.2) is 9.13 Å². The third-order valence-electron chi connectivity index (χ3n) is 8.50. The van der Waals surface area contributed by atoms with Crippen LogP contribution in [0.4, 0.5) is 0 Å². The van der Waals surface area contributed by atoms with Gasteiger partial charge in [0.05, 0.1) is 27.8 Å². The summed E-state index contributed by atoms with van der Waals surface area (Å²) in [6.45, 7) is 6.49. The second kappa shape index (κ2) is 8.97. The van der Waals surface area contributed by atoms with Crippen molar-refractivity contribution in [1.29, 1.82) is 0 Å². The van der Waals surface area contributed by atoms with Gasteiger partial charge in [0.2, 0.25) is 0 Å². The summed E-state index contributed by atoms with van der Waals surface area (Å²) in [6.07, 6.45) is 0. The molecule has 41 heavy (non-hydrogen) atoms. The average molecular weight is 527 g/mol. The minimum Gasteiger partial charge on any atom is -0.309 e. The fourth-order valence-electron chi connectivity index (χ4n) is 6.54. The first-order valence-electron chi connectivity index (χ1n) is 14.3. The fraction of sp³-hybridized carbons (Fsp3) is 0.0769. The summed E-state index contributed by atoms with van der Waals surface area (Å²) in [5.74, 6) is 0. The number of fused-ring (bicyclic) bond motifs is 6. The quantitative estimate of drug-likeness (QED) is 0.217. The molecular weight excluding hydrogens is 496 g/mol. The van der Waals surface area contributed by atoms with Crippen molar-refractivity contribution in [3.05, 3.63) is 144 Å². The lowest BCUT2D eigenvalue weighted by Crippen LogP contribution is -1.97. The Morgan fingerprint density at radius 1 is 0.390 bits per heavy atom. The third kappa shape index (κ3) is 3.64. The van der Waals surface area contributed by atoms with Gasteiger partial charge < -0.3 is 9.13 Å². The van der Waals surface area contributed by atoms with E-state index in [1.807, 2.05) is 0 Å². The molecule has 0 radical (unpaired) electrons. The van der Waals surface area contributed by atoms with Crippen LogP contribution < -0.4 is 0 Å². The Hall–Kier alpha value is -5.08. The van der Waals surface area contributed by atoms with Crippen molar-refractivity contribution in [3.8, 4) is 22.5 Å². The van der Waals surface area contributed by atoms with Crippen LogP contribution in [0.25, 0.3) is 66.1 Å². The maximum absolute atomic E-state index is 2.44. The predicted molar refractivity (Wildman–Crippen MR) is 175 cm³/mol. The minimum absolute atomic E-state index is 1.19. The molecule has 0 spiro atoms. The summed E-state index contributed by atoms with van der Waals surface area (Å²) in [7, 11) is 0. The highest BCUT2D eigenvalue weighted by atomic mass is 15.0. The highest BCUT2D eigenvalue weighted by molar-refractivity contribution is 6.12. The number of nitrogens with zero attached hydrogens (tertiary/aromatic N) is 2. The number of para-hydroxylation sites is 2. The zero-order valence-electron chi connectivity index (χ0n) is 23.5. The van der Waals surface area contributed by atoms with E-state index >= 15 is 0 Å². The molecule has 0 amide bonds. The van der Waals surface area contributed by atoms with Gasteiger partial charge in [-0.25, -0.2) is 0 Å². The second-order valence-electron chi connectivity index (χ2n) is 11.3. The molecular formula is C39H30N2. The van der Waals surface area contributed by atoms with Crippen LogP contribution in [0.1, 0.15) is 16.7 Å². The maximum atomic E-state index is 2.44. The van der Waals surface area contributed by atoms with E-state index < -0.39 is 0 Å². The van der Waals surface area contributed by atoms with Crippen molar-refractivity contribution in [3.63, 3.8) is 0 Å². The minimum atomic E-state index is 1.19. The number of aryl methyl sites for hydroxylation is 3. The first-order chi connectivity index (χ1) is 20.1. The Kier molecular flexibility index (Phi) is 5.20. The van der Waals surface area contributed by atoms with E-state index in [1.54, 1.807) is 0 Å². The molecule has 2 heterocycles. The molecule has 8 aromatic rings. The number of aromatic nitrogens is 2. The molecule has 0 unspecified atom stereocenters. The van der Waals surface area contributed by atoms with Crippen LogP contribution in [-0.2, 0) is 0 Å². The molecule has 6 aromatic carbocycles. The van der Waals surface area contributed by atoms with E-state index in [4.69, 9.17) is 0 Å². The Balaban J connectivity index is 1.40. The van der Waals surface area contributed by atoms with E-state index in [2.05, 4.69) is 157 Å². The molecule has 0 atom stereocenters. The second-order valence-corrected chi connectivity index (χ2v) is 11.3. The van der Waals surface area contributed by atoms with E-state index in [9.17, 15) is 0 Å². The zero-order chi connectivity index (χ0) is 27.7. The fourth-order valence-corrected chi connectivity index (χ4v) is 6.54. The van der Waals surface area contributed by atoms with E-state index in [0.29, 0.717) is 0 Å². The van der Waals surface area contributed by atoms with Gasteiger partial charge in [0.1, 0.15) is 0 Å². The van der Waals surface area contributed by atoms with E-state index in [0.717, 1.165) is 0 Å². The molecule has 0 aliphatic carbocycles. The SMILES string of the molecule is Cc1ccc(-n2c3ccccc3c3cc(-c4ccccc4-n4c5ccc(C)cc5c5cc(C)ccc54)ccc32)cc1. The number of benzene rings is 6. The largest absolute Gasteiger partial charge is 0.309 e. The predicted octanol–water partition coefficient (Wildman–Crippen LogP) is 10.5. The summed E-state index contributed by atoms with van der Waals surface area (Å²) >= 11 is 0. The molecule has 0 aliphatic rings. The topological polar surface area (TPSA) is 9.86 Å². The number of hydrogen-bond donors (Lipinski definition) is 0. The van der Waals surface area contributed by atoms with Gasteiger partial charge in [-0.05, 0) is 87.0 Å². The first kappa shape index (κ1) is 23.8. The van der Waals surface area contributed by atoms with Crippen molar-refractivity contribution >= 4 is 43.6 Å². The summed E-state index contributed by atoms with van der Waals surface area (Å²) in [5, 5.41) is 5.14. The molecule has 196 valence electrons. The van der Waals surface area contributed by atoms with Gasteiger partial charge in [0, 0.05) is 32.8 Å². The zero-order valence-corrected chi connectivity index (χ0v) is 23.5. The van der Waals surface area contributed by atoms with Crippen molar-refractivity contribution < 1.29 is 0 Å². The average Bonchev–Trinajstić information content (AvgIpc) is 3.49. The summed E-state index contributed by atoms with van der Waals surface area (Å²) < 4.78 is 4.83. The highest BCUT2D eigenvalue weighted by Crippen LogP contribution is 2.39. The maximum Gasteiger partial charge on any atom is 0.0541 e. The normalized spacial score (nSPS) is 11.8. The van der Waals surface area contributed by atoms with Gasteiger partial charge in [0.25, 0.3) is 0 Å². The molecule has 0 saturated carbocycles. The molecule has 0 bridgehead atoms. The van der Waals surface area contributed by atoms with Crippen molar-refractivity contribution in [2.45, 2.75) is 20.8 Å². The Labute approximate surface area is 239 Å². The van der Waals surface area contributed by atoms with Crippen LogP contribution in [0.15, 0.2) is 127 Å². The van der Waals surface area contributed by atoms with Crippen molar-refractivity contribution in [2.75, 3.05) is 0 Å². The molecule has 0 fully saturated rings. The van der Waals surface area contributed by atoms with Gasteiger partial charge in [-0.3, -0.25) is 0 Å². The summed E-state index contributed by atoms with van der Waals surface area (Å²) in [4.78, 5) is 0. The summed E-state index contributed by atoms with van der Waals surface area (Å²) in [5.41, 5.74) is 13.6. The van der Waals surface area contributed by atoms with Gasteiger partial charge in [0.15, 0.2) is 0 Å². The van der Waals surface area contributed by atoms with Gasteiger partial charge >= 0.3 is 0 Å². The van der Waals surface area contributed by atoms with Gasteiger partial charge in [-0.1, -0.05) is 83.4 Å². The molecule has 2 heteroatoms. The highest BCUT2D eigenvalue weighted by Gasteiger charge is 2.18. The monoisotopic (exact) mass is 526 g/mol. The van der Waals surface area contributed by atoms with Crippen LogP contribution in [0.3, 0.4) is 0 Å². The van der Waals surface area contributed by atoms with Crippen molar-refractivity contribution in [2.24, 2.45) is 0 Å². The Morgan fingerprint density at radius 3 is 1.66 bits per heavy atom. The molecule has 0 aliphatic heterocycles. The lowest BCUT2D eigenvalue weighted by atomic mass is 10.0. The van der Waals surface area contributed by atoms with Crippen LogP contribution in [0, 0.1) is 20.8 Å². The smallest absolute Gasteiger partial charge is 0.0541 e. The number of rotatable bonds is 3. The molecule has 8 rings (SSSR count). The van der Waals surface area contributed by atoms with E-state index in [1.165, 1.54) is 82.8 Å². The molecule has 2 aromatic heterocycles. The van der Waals surface area contributed by atoms with Crippen LogP contribution in [0.2, 0.25) is 0 Å². The molecule has 2 nitrogen and oxygen atoms in total. The molecule has 0 N–H and O–H groups in total. The lowest BCUT2D eigenvalue weighted by Gasteiger charge is -2.15. The van der Waals surface area contributed by atoms with Crippen LogP contribution in [0.5, 0.6) is 0 Å².